The zero-order chi connectivity index (χ0) is 9.72. The average molecular weight is 233 g/mol. The lowest BCUT2D eigenvalue weighted by atomic mass is 10.2. The summed E-state index contributed by atoms with van der Waals surface area (Å²) < 4.78 is 5.30. The first kappa shape index (κ1) is 11.0. The first-order chi connectivity index (χ1) is 5.49. The molecule has 0 spiro atoms. The molecule has 3 nitrogen and oxygen atoms in total. The van der Waals surface area contributed by atoms with Gasteiger partial charge in [0.05, 0.1) is 12.7 Å². The molecule has 0 radical (unpaired) electrons. The molecule has 0 heterocycles. The number of carboxylic acid groups (broad SMARTS) is 1. The van der Waals surface area contributed by atoms with Gasteiger partial charge in [0.2, 0.25) is 0 Å². The second kappa shape index (κ2) is 4.77. The molecule has 0 aliphatic carbocycles. The molecule has 0 amide bonds. The van der Waals surface area contributed by atoms with Gasteiger partial charge < -0.3 is 9.84 Å². The van der Waals surface area contributed by atoms with Gasteiger partial charge in [-0.05, 0) is 6.08 Å². The summed E-state index contributed by atoms with van der Waals surface area (Å²) in [7, 11) is 1.37. The second-order valence-electron chi connectivity index (χ2n) is 1.94. The van der Waals surface area contributed by atoms with Crippen LogP contribution in [0.15, 0.2) is 35.0 Å². The topological polar surface area (TPSA) is 46.5 Å². The van der Waals surface area contributed by atoms with E-state index in [0.717, 1.165) is 0 Å². The van der Waals surface area contributed by atoms with E-state index in [1.165, 1.54) is 13.2 Å². The summed E-state index contributed by atoms with van der Waals surface area (Å²) in [5.74, 6) is -0.929. The fraction of sp³-hybridized carbons (Fsp3) is 0.125. The monoisotopic (exact) mass is 232 g/mol. The third kappa shape index (κ3) is 3.39. The van der Waals surface area contributed by atoms with Crippen LogP contribution in [-0.4, -0.2) is 18.2 Å². The van der Waals surface area contributed by atoms with Gasteiger partial charge in [-0.1, -0.05) is 29.1 Å². The number of ether oxygens (including phenoxy) is 1. The van der Waals surface area contributed by atoms with Crippen molar-refractivity contribution in [2.24, 2.45) is 0 Å². The molecule has 0 fully saturated rings. The Hall–Kier alpha value is -1.03. The molecule has 0 saturated heterocycles. The van der Waals surface area contributed by atoms with E-state index in [1.807, 2.05) is 0 Å². The Kier molecular flexibility index (Phi) is 4.36. The fourth-order valence-corrected chi connectivity index (χ4v) is 0.725. The first-order valence-corrected chi connectivity index (χ1v) is 3.81. The number of hydrogen-bond acceptors (Lipinski definition) is 2. The lowest BCUT2D eigenvalue weighted by Crippen LogP contribution is -2.03. The Balaban J connectivity index is 4.68. The van der Waals surface area contributed by atoms with Gasteiger partial charge in [-0.2, -0.15) is 0 Å². The van der Waals surface area contributed by atoms with E-state index in [-0.39, 0.29) is 11.3 Å². The minimum atomic E-state index is -1.11. The van der Waals surface area contributed by atoms with E-state index in [2.05, 4.69) is 29.1 Å². The number of aliphatic carboxylic acids is 1. The van der Waals surface area contributed by atoms with Gasteiger partial charge in [-0.25, -0.2) is 4.79 Å². The molecule has 0 aromatic heterocycles. The maximum atomic E-state index is 10.4. The summed E-state index contributed by atoms with van der Waals surface area (Å²) in [5.41, 5.74) is -0.0990. The van der Waals surface area contributed by atoms with Crippen LogP contribution in [-0.2, 0) is 9.53 Å². The normalized spacial score (nSPS) is 10.7. The van der Waals surface area contributed by atoms with E-state index in [1.54, 1.807) is 0 Å². The number of methoxy groups -OCH3 is 1. The quantitative estimate of drug-likeness (QED) is 0.459. The molecular formula is C8H9BrO3. The molecule has 0 aromatic carbocycles. The Morgan fingerprint density at radius 1 is 1.58 bits per heavy atom. The summed E-state index contributed by atoms with van der Waals surface area (Å²) in [6.45, 7) is 6.83. The molecule has 0 aliphatic rings. The maximum absolute atomic E-state index is 10.4. The lowest BCUT2D eigenvalue weighted by molar-refractivity contribution is -0.132. The lowest BCUT2D eigenvalue weighted by Gasteiger charge is -2.04. The van der Waals surface area contributed by atoms with E-state index < -0.39 is 5.97 Å². The third-order valence-electron chi connectivity index (χ3n) is 1.06. The molecule has 0 aliphatic heterocycles. The molecule has 0 rings (SSSR count). The number of carboxylic acids is 1. The van der Waals surface area contributed by atoms with Crippen molar-refractivity contribution >= 4 is 21.9 Å². The van der Waals surface area contributed by atoms with Gasteiger partial charge in [0, 0.05) is 4.48 Å². The number of allylic oxidation sites excluding steroid dienone is 2. The van der Waals surface area contributed by atoms with Gasteiger partial charge in [-0.15, -0.1) is 0 Å². The Labute approximate surface area is 79.2 Å². The van der Waals surface area contributed by atoms with Crippen molar-refractivity contribution in [1.82, 2.24) is 0 Å². The molecule has 0 atom stereocenters. The molecule has 4 heteroatoms. The number of hydrogen-bond donors (Lipinski definition) is 1. The molecule has 0 aromatic rings. The van der Waals surface area contributed by atoms with E-state index in [9.17, 15) is 4.79 Å². The molecule has 12 heavy (non-hydrogen) atoms. The van der Waals surface area contributed by atoms with Crippen molar-refractivity contribution in [2.45, 2.75) is 0 Å². The molecule has 1 N–H and O–H groups in total. The van der Waals surface area contributed by atoms with Crippen LogP contribution in [0, 0.1) is 0 Å². The van der Waals surface area contributed by atoms with Crippen LogP contribution >= 0.6 is 15.9 Å². The van der Waals surface area contributed by atoms with Gasteiger partial charge in [0.1, 0.15) is 5.76 Å². The zero-order valence-corrected chi connectivity index (χ0v) is 8.22. The van der Waals surface area contributed by atoms with Crippen molar-refractivity contribution in [3.63, 3.8) is 0 Å². The van der Waals surface area contributed by atoms with Gasteiger partial charge >= 0.3 is 5.97 Å². The zero-order valence-electron chi connectivity index (χ0n) is 6.63. The van der Waals surface area contributed by atoms with Crippen LogP contribution in [0.2, 0.25) is 0 Å². The van der Waals surface area contributed by atoms with E-state index >= 15 is 0 Å². The highest BCUT2D eigenvalue weighted by Gasteiger charge is 2.10. The largest absolute Gasteiger partial charge is 0.496 e. The summed E-state index contributed by atoms with van der Waals surface area (Å²) in [4.78, 5) is 10.4. The highest BCUT2D eigenvalue weighted by atomic mass is 79.9. The Bertz CT molecular complexity index is 253. The number of halogens is 1. The Morgan fingerprint density at radius 3 is 2.33 bits per heavy atom. The van der Waals surface area contributed by atoms with Crippen molar-refractivity contribution in [3.8, 4) is 0 Å². The average Bonchev–Trinajstić information content (AvgIpc) is 1.98. The summed E-state index contributed by atoms with van der Waals surface area (Å²) in [5, 5.41) is 8.53. The fourth-order valence-electron chi connectivity index (χ4n) is 0.517. The number of rotatable bonds is 4. The van der Waals surface area contributed by atoms with Crippen molar-refractivity contribution < 1.29 is 14.6 Å². The SMILES string of the molecule is C=C(Br)/C=C(/OC)C(=C)C(=O)O. The first-order valence-electron chi connectivity index (χ1n) is 3.01. The third-order valence-corrected chi connectivity index (χ3v) is 1.29. The standard InChI is InChI=1S/C8H9BrO3/c1-5(9)4-7(12-3)6(2)8(10)11/h4H,1-2H2,3H3,(H,10,11)/b7-4+. The summed E-state index contributed by atoms with van der Waals surface area (Å²) in [6.07, 6.45) is 1.44. The minimum Gasteiger partial charge on any atom is -0.496 e. The highest BCUT2D eigenvalue weighted by Crippen LogP contribution is 2.14. The van der Waals surface area contributed by atoms with Gasteiger partial charge in [0.25, 0.3) is 0 Å². The summed E-state index contributed by atoms with van der Waals surface area (Å²) >= 11 is 3.05. The van der Waals surface area contributed by atoms with Gasteiger partial charge in [-0.3, -0.25) is 0 Å². The smallest absolute Gasteiger partial charge is 0.338 e. The molecule has 0 saturated carbocycles. The molecule has 0 unspecified atom stereocenters. The highest BCUT2D eigenvalue weighted by molar-refractivity contribution is 9.11. The predicted molar refractivity (Wildman–Crippen MR) is 49.9 cm³/mol. The van der Waals surface area contributed by atoms with E-state index in [0.29, 0.717) is 4.48 Å². The molecule has 66 valence electrons. The van der Waals surface area contributed by atoms with Crippen LogP contribution in [0.25, 0.3) is 0 Å². The Morgan fingerprint density at radius 2 is 2.08 bits per heavy atom. The minimum absolute atomic E-state index is 0.0990. The second-order valence-corrected chi connectivity index (χ2v) is 2.96. The van der Waals surface area contributed by atoms with Crippen LogP contribution in [0.5, 0.6) is 0 Å². The molecule has 0 bridgehead atoms. The van der Waals surface area contributed by atoms with Crippen LogP contribution < -0.4 is 0 Å². The summed E-state index contributed by atoms with van der Waals surface area (Å²) in [6, 6.07) is 0. The molecular weight excluding hydrogens is 224 g/mol. The van der Waals surface area contributed by atoms with Crippen LogP contribution in [0.1, 0.15) is 0 Å². The number of carbonyl (C=O) groups is 1. The predicted octanol–water partition coefficient (Wildman–Crippen LogP) is 2.07. The van der Waals surface area contributed by atoms with Crippen molar-refractivity contribution in [2.75, 3.05) is 7.11 Å². The van der Waals surface area contributed by atoms with Gasteiger partial charge in [0.15, 0.2) is 0 Å². The van der Waals surface area contributed by atoms with E-state index in [4.69, 9.17) is 9.84 Å². The van der Waals surface area contributed by atoms with Crippen LogP contribution in [0.3, 0.4) is 0 Å². The van der Waals surface area contributed by atoms with Crippen molar-refractivity contribution in [1.29, 1.82) is 0 Å². The van der Waals surface area contributed by atoms with Crippen LogP contribution in [0.4, 0.5) is 0 Å². The maximum Gasteiger partial charge on any atom is 0.338 e. The van der Waals surface area contributed by atoms with Crippen molar-refractivity contribution in [3.05, 3.63) is 35.0 Å².